The number of anilines is 3. The normalized spacial score (nSPS) is 11.5. The van der Waals surface area contributed by atoms with Gasteiger partial charge in [-0.2, -0.15) is 0 Å². The largest absolute Gasteiger partial charge is 0.455 e. The van der Waals surface area contributed by atoms with Crippen LogP contribution in [0.4, 0.5) is 17.1 Å². The molecule has 0 saturated carbocycles. The van der Waals surface area contributed by atoms with Gasteiger partial charge in [-0.1, -0.05) is 127 Å². The van der Waals surface area contributed by atoms with E-state index in [0.717, 1.165) is 50.1 Å². The highest BCUT2D eigenvalue weighted by atomic mass is 32.1. The highest BCUT2D eigenvalue weighted by molar-refractivity contribution is 7.25. The summed E-state index contributed by atoms with van der Waals surface area (Å²) in [5, 5.41) is 4.84. The zero-order valence-electron chi connectivity index (χ0n) is 27.7. The maximum Gasteiger partial charge on any atom is 0.143 e. The minimum Gasteiger partial charge on any atom is -0.455 e. The SMILES string of the molecule is c1ccc(-c2ccc(N(c3ccc(-c4ccc5sc6ccccc6c5c4)cc3)c3cc(-c4ccccc4)c4oc5ccccc5c4c3)cc2)cc1. The molecule has 0 atom stereocenters. The smallest absolute Gasteiger partial charge is 0.143 e. The Kier molecular flexibility index (Phi) is 7.04. The van der Waals surface area contributed by atoms with Crippen molar-refractivity contribution >= 4 is 70.5 Å². The number of thiophene rings is 1. The number of furan rings is 1. The summed E-state index contributed by atoms with van der Waals surface area (Å²) >= 11 is 1.85. The summed E-state index contributed by atoms with van der Waals surface area (Å²) in [5.74, 6) is 0. The average molecular weight is 670 g/mol. The van der Waals surface area contributed by atoms with Gasteiger partial charge in [0.15, 0.2) is 0 Å². The standard InChI is InChI=1S/C48H31NOS/c1-3-11-32(12-4-1)33-19-24-37(25-20-33)49(38-26-21-34(22-27-38)36-23-28-47-43(29-36)41-16-8-10-18-46(41)51-47)39-30-42(35-13-5-2-6-14-35)48-44(31-39)40-15-7-9-17-45(40)50-48/h1-31H. The van der Waals surface area contributed by atoms with Crippen LogP contribution >= 0.6 is 11.3 Å². The Bertz CT molecular complexity index is 2830. The second-order valence-corrected chi connectivity index (χ2v) is 14.0. The zero-order chi connectivity index (χ0) is 33.7. The van der Waals surface area contributed by atoms with Crippen molar-refractivity contribution in [3.8, 4) is 33.4 Å². The Balaban J connectivity index is 1.14. The Morgan fingerprint density at radius 2 is 0.902 bits per heavy atom. The van der Waals surface area contributed by atoms with Gasteiger partial charge in [-0.15, -0.1) is 11.3 Å². The van der Waals surface area contributed by atoms with Gasteiger partial charge in [-0.05, 0) is 88.5 Å². The number of nitrogens with zero attached hydrogens (tertiary/aromatic N) is 1. The fourth-order valence-corrected chi connectivity index (χ4v) is 8.45. The lowest BCUT2D eigenvalue weighted by atomic mass is 9.99. The number of benzene rings is 8. The second-order valence-electron chi connectivity index (χ2n) is 12.9. The molecule has 2 nitrogen and oxygen atoms in total. The van der Waals surface area contributed by atoms with E-state index in [2.05, 4.69) is 187 Å². The molecule has 0 bridgehead atoms. The van der Waals surface area contributed by atoms with E-state index in [1.165, 1.54) is 42.4 Å². The topological polar surface area (TPSA) is 16.4 Å². The molecule has 0 N–H and O–H groups in total. The van der Waals surface area contributed by atoms with Crippen molar-refractivity contribution < 1.29 is 4.42 Å². The first-order chi connectivity index (χ1) is 25.3. The van der Waals surface area contributed by atoms with Gasteiger partial charge >= 0.3 is 0 Å². The molecule has 10 aromatic rings. The zero-order valence-corrected chi connectivity index (χ0v) is 28.5. The van der Waals surface area contributed by atoms with Gasteiger partial charge in [-0.25, -0.2) is 0 Å². The van der Waals surface area contributed by atoms with Gasteiger partial charge in [0.05, 0.1) is 0 Å². The molecular weight excluding hydrogens is 639 g/mol. The first-order valence-corrected chi connectivity index (χ1v) is 18.1. The lowest BCUT2D eigenvalue weighted by Gasteiger charge is -2.27. The van der Waals surface area contributed by atoms with Crippen LogP contribution in [-0.2, 0) is 0 Å². The van der Waals surface area contributed by atoms with Crippen LogP contribution in [0.2, 0.25) is 0 Å². The van der Waals surface area contributed by atoms with E-state index < -0.39 is 0 Å². The fourth-order valence-electron chi connectivity index (χ4n) is 7.36. The molecule has 0 aliphatic carbocycles. The van der Waals surface area contributed by atoms with Crippen LogP contribution in [-0.4, -0.2) is 0 Å². The third-order valence-corrected chi connectivity index (χ3v) is 11.0. The van der Waals surface area contributed by atoms with E-state index in [0.29, 0.717) is 0 Å². The molecule has 10 rings (SSSR count). The fraction of sp³-hybridized carbons (Fsp3) is 0. The van der Waals surface area contributed by atoms with Crippen molar-refractivity contribution in [1.29, 1.82) is 0 Å². The second kappa shape index (κ2) is 12.2. The van der Waals surface area contributed by atoms with Gasteiger partial charge in [-0.3, -0.25) is 0 Å². The summed E-state index contributed by atoms with van der Waals surface area (Å²) in [4.78, 5) is 2.36. The maximum atomic E-state index is 6.55. The summed E-state index contributed by atoms with van der Waals surface area (Å²) in [6, 6.07) is 67.4. The van der Waals surface area contributed by atoms with Gasteiger partial charge in [0.2, 0.25) is 0 Å². The third kappa shape index (κ3) is 5.18. The summed E-state index contributed by atoms with van der Waals surface area (Å²) in [7, 11) is 0. The van der Waals surface area contributed by atoms with Crippen molar-refractivity contribution in [1.82, 2.24) is 0 Å². The summed E-state index contributed by atoms with van der Waals surface area (Å²) in [6.07, 6.45) is 0. The van der Waals surface area contributed by atoms with Crippen LogP contribution in [0, 0.1) is 0 Å². The van der Waals surface area contributed by atoms with Crippen molar-refractivity contribution in [3.63, 3.8) is 0 Å². The Hall–Kier alpha value is -6.42. The van der Waals surface area contributed by atoms with Crippen LogP contribution in [0.5, 0.6) is 0 Å². The Morgan fingerprint density at radius 1 is 0.353 bits per heavy atom. The molecule has 2 aromatic heterocycles. The van der Waals surface area contributed by atoms with Gasteiger partial charge < -0.3 is 9.32 Å². The molecule has 0 unspecified atom stereocenters. The minimum atomic E-state index is 0.889. The number of hydrogen-bond acceptors (Lipinski definition) is 3. The molecule has 2 heterocycles. The predicted molar refractivity (Wildman–Crippen MR) is 218 cm³/mol. The van der Waals surface area contributed by atoms with E-state index in [9.17, 15) is 0 Å². The molecule has 240 valence electrons. The van der Waals surface area contributed by atoms with Gasteiger partial charge in [0.25, 0.3) is 0 Å². The van der Waals surface area contributed by atoms with Gasteiger partial charge in [0, 0.05) is 53.6 Å². The van der Waals surface area contributed by atoms with Crippen molar-refractivity contribution in [3.05, 3.63) is 188 Å². The highest BCUT2D eigenvalue weighted by Gasteiger charge is 2.20. The highest BCUT2D eigenvalue weighted by Crippen LogP contribution is 2.44. The summed E-state index contributed by atoms with van der Waals surface area (Å²) < 4.78 is 9.19. The Morgan fingerprint density at radius 3 is 1.63 bits per heavy atom. The molecule has 0 radical (unpaired) electrons. The van der Waals surface area contributed by atoms with E-state index >= 15 is 0 Å². The monoisotopic (exact) mass is 669 g/mol. The molecule has 3 heteroatoms. The number of hydrogen-bond donors (Lipinski definition) is 0. The molecule has 0 aliphatic heterocycles. The molecule has 0 saturated heterocycles. The van der Waals surface area contributed by atoms with E-state index in [-0.39, 0.29) is 0 Å². The lowest BCUT2D eigenvalue weighted by molar-refractivity contribution is 0.670. The molecular formula is C48H31NOS. The van der Waals surface area contributed by atoms with Crippen LogP contribution < -0.4 is 4.90 Å². The van der Waals surface area contributed by atoms with Crippen molar-refractivity contribution in [2.45, 2.75) is 0 Å². The van der Waals surface area contributed by atoms with Gasteiger partial charge in [0.1, 0.15) is 11.2 Å². The lowest BCUT2D eigenvalue weighted by Crippen LogP contribution is -2.10. The van der Waals surface area contributed by atoms with Crippen LogP contribution in [0.3, 0.4) is 0 Å². The van der Waals surface area contributed by atoms with Crippen molar-refractivity contribution in [2.24, 2.45) is 0 Å². The first-order valence-electron chi connectivity index (χ1n) is 17.2. The van der Waals surface area contributed by atoms with E-state index in [1.807, 2.05) is 17.4 Å². The molecule has 8 aromatic carbocycles. The maximum absolute atomic E-state index is 6.55. The Labute approximate surface area is 300 Å². The van der Waals surface area contributed by atoms with Crippen molar-refractivity contribution in [2.75, 3.05) is 4.90 Å². The quantitative estimate of drug-likeness (QED) is 0.175. The van der Waals surface area contributed by atoms with Crippen LogP contribution in [0.1, 0.15) is 0 Å². The summed E-state index contributed by atoms with van der Waals surface area (Å²) in [6.45, 7) is 0. The van der Waals surface area contributed by atoms with Crippen LogP contribution in [0.15, 0.2) is 192 Å². The number of rotatable bonds is 6. The molecule has 0 spiro atoms. The molecule has 0 amide bonds. The molecule has 51 heavy (non-hydrogen) atoms. The molecule has 0 fully saturated rings. The minimum absolute atomic E-state index is 0.889. The summed E-state index contributed by atoms with van der Waals surface area (Å²) in [5.41, 5.74) is 12.0. The van der Waals surface area contributed by atoms with E-state index in [1.54, 1.807) is 0 Å². The molecule has 0 aliphatic rings. The first kappa shape index (κ1) is 29.5. The predicted octanol–water partition coefficient (Wildman–Crippen LogP) is 14.4. The third-order valence-electron chi connectivity index (χ3n) is 9.87. The number of para-hydroxylation sites is 1. The van der Waals surface area contributed by atoms with Crippen LogP contribution in [0.25, 0.3) is 75.5 Å². The number of fused-ring (bicyclic) bond motifs is 6. The van der Waals surface area contributed by atoms with E-state index in [4.69, 9.17) is 4.42 Å². The average Bonchev–Trinajstić information content (AvgIpc) is 3.77.